The Hall–Kier alpha value is -1.32. The minimum Gasteiger partial charge on any atom is -0.353 e. The maximum absolute atomic E-state index is 11.8. The minimum atomic E-state index is 0.109. The van der Waals surface area contributed by atoms with E-state index in [1.165, 1.54) is 44.9 Å². The van der Waals surface area contributed by atoms with Crippen LogP contribution in [0.1, 0.15) is 64.1 Å². The van der Waals surface area contributed by atoms with Crippen molar-refractivity contribution < 1.29 is 9.36 Å². The summed E-state index contributed by atoms with van der Waals surface area (Å²) in [6, 6.07) is 0. The van der Waals surface area contributed by atoms with Gasteiger partial charge < -0.3 is 5.32 Å². The van der Waals surface area contributed by atoms with E-state index >= 15 is 0 Å². The van der Waals surface area contributed by atoms with Crippen LogP contribution in [0, 0.1) is 6.92 Å². The Morgan fingerprint density at radius 2 is 1.76 bits per heavy atom. The average molecular weight is 294 g/mol. The number of hydrogen-bond acceptors (Lipinski definition) is 1. The number of hydrogen-bond donors (Lipinski definition) is 1. The predicted octanol–water partition coefficient (Wildman–Crippen LogP) is 2.88. The van der Waals surface area contributed by atoms with Crippen LogP contribution >= 0.6 is 0 Å². The van der Waals surface area contributed by atoms with Crippen LogP contribution in [0.15, 0.2) is 12.4 Å². The third-order valence-electron chi connectivity index (χ3n) is 4.06. The first-order valence-electron chi connectivity index (χ1n) is 8.43. The van der Waals surface area contributed by atoms with Crippen LogP contribution < -0.4 is 9.88 Å². The summed E-state index contributed by atoms with van der Waals surface area (Å²) in [5.74, 6) is 1.20. The summed E-state index contributed by atoms with van der Waals surface area (Å²) in [7, 11) is 1.99. The SMILES string of the molecule is CCCCCCCCCCNC(=O)Cn1cc[n+](C)c1C. The second-order valence-corrected chi connectivity index (χ2v) is 5.91. The Morgan fingerprint density at radius 1 is 1.14 bits per heavy atom. The molecule has 1 rings (SSSR count). The van der Waals surface area contributed by atoms with Gasteiger partial charge in [0.15, 0.2) is 6.54 Å². The topological polar surface area (TPSA) is 37.9 Å². The van der Waals surface area contributed by atoms with Crippen LogP contribution in [0.2, 0.25) is 0 Å². The summed E-state index contributed by atoms with van der Waals surface area (Å²) in [6.45, 7) is 5.49. The van der Waals surface area contributed by atoms with Gasteiger partial charge in [-0.05, 0) is 6.42 Å². The normalized spacial score (nSPS) is 10.8. The van der Waals surface area contributed by atoms with E-state index in [-0.39, 0.29) is 5.91 Å². The standard InChI is InChI=1S/C17H31N3O/c1-4-5-6-7-8-9-10-11-12-18-17(21)15-20-14-13-19(3)16(20)2/h13-14H,4-12,15H2,1-3H3/p+1. The second kappa shape index (κ2) is 10.4. The van der Waals surface area contributed by atoms with Gasteiger partial charge in [-0.2, -0.15) is 0 Å². The van der Waals surface area contributed by atoms with Crippen molar-refractivity contribution in [1.29, 1.82) is 0 Å². The summed E-state index contributed by atoms with van der Waals surface area (Å²) in [5.41, 5.74) is 0. The minimum absolute atomic E-state index is 0.109. The quantitative estimate of drug-likeness (QED) is 0.494. The number of unbranched alkanes of at least 4 members (excludes halogenated alkanes) is 7. The fourth-order valence-corrected chi connectivity index (χ4v) is 2.46. The smallest absolute Gasteiger partial charge is 0.262 e. The number of imidazole rings is 1. The number of aromatic nitrogens is 2. The number of carbonyl (C=O) groups excluding carboxylic acids is 1. The van der Waals surface area contributed by atoms with Crippen molar-refractivity contribution in [3.8, 4) is 0 Å². The highest BCUT2D eigenvalue weighted by molar-refractivity contribution is 5.75. The summed E-state index contributed by atoms with van der Waals surface area (Å²) >= 11 is 0. The lowest BCUT2D eigenvalue weighted by Gasteiger charge is -2.04. The molecule has 4 heteroatoms. The molecule has 0 radical (unpaired) electrons. The van der Waals surface area contributed by atoms with E-state index < -0.39 is 0 Å². The molecule has 0 spiro atoms. The Labute approximate surface area is 129 Å². The molecule has 1 aromatic rings. The Morgan fingerprint density at radius 3 is 2.33 bits per heavy atom. The molecule has 0 unspecified atom stereocenters. The Bertz CT molecular complexity index is 412. The maximum Gasteiger partial charge on any atom is 0.262 e. The van der Waals surface area contributed by atoms with Gasteiger partial charge in [-0.3, -0.25) is 4.79 Å². The van der Waals surface area contributed by atoms with Crippen molar-refractivity contribution in [2.45, 2.75) is 71.8 Å². The van der Waals surface area contributed by atoms with E-state index in [9.17, 15) is 4.79 Å². The zero-order valence-electron chi connectivity index (χ0n) is 14.0. The third-order valence-corrected chi connectivity index (χ3v) is 4.06. The molecule has 21 heavy (non-hydrogen) atoms. The number of nitrogens with one attached hydrogen (secondary N) is 1. The molecule has 0 bridgehead atoms. The van der Waals surface area contributed by atoms with Gasteiger partial charge in [-0.15, -0.1) is 0 Å². The number of nitrogens with zero attached hydrogens (tertiary/aromatic N) is 2. The van der Waals surface area contributed by atoms with Gasteiger partial charge in [-0.25, -0.2) is 9.13 Å². The van der Waals surface area contributed by atoms with Crippen molar-refractivity contribution in [2.75, 3.05) is 6.54 Å². The Kier molecular flexibility index (Phi) is 8.79. The lowest BCUT2D eigenvalue weighted by atomic mass is 10.1. The second-order valence-electron chi connectivity index (χ2n) is 5.91. The van der Waals surface area contributed by atoms with Gasteiger partial charge in [0.2, 0.25) is 0 Å². The van der Waals surface area contributed by atoms with Gasteiger partial charge in [-0.1, -0.05) is 51.9 Å². The van der Waals surface area contributed by atoms with Crippen molar-refractivity contribution in [1.82, 2.24) is 9.88 Å². The summed E-state index contributed by atoms with van der Waals surface area (Å²) in [6.07, 6.45) is 14.3. The zero-order valence-corrected chi connectivity index (χ0v) is 14.0. The van der Waals surface area contributed by atoms with Crippen LogP contribution in [0.25, 0.3) is 0 Å². The first kappa shape index (κ1) is 17.7. The highest BCUT2D eigenvalue weighted by atomic mass is 16.1. The van der Waals surface area contributed by atoms with Crippen LogP contribution in [-0.2, 0) is 18.4 Å². The molecule has 0 aliphatic rings. The highest BCUT2D eigenvalue weighted by Gasteiger charge is 2.12. The molecule has 1 aromatic heterocycles. The molecule has 0 aliphatic heterocycles. The fourth-order valence-electron chi connectivity index (χ4n) is 2.46. The van der Waals surface area contributed by atoms with E-state index in [0.717, 1.165) is 18.8 Å². The molecule has 4 nitrogen and oxygen atoms in total. The van der Waals surface area contributed by atoms with E-state index in [4.69, 9.17) is 0 Å². The Balaban J connectivity index is 2.00. The average Bonchev–Trinajstić information content (AvgIpc) is 2.77. The predicted molar refractivity (Wildman–Crippen MR) is 86.0 cm³/mol. The van der Waals surface area contributed by atoms with Crippen molar-refractivity contribution in [3.63, 3.8) is 0 Å². The summed E-state index contributed by atoms with van der Waals surface area (Å²) < 4.78 is 3.99. The zero-order chi connectivity index (χ0) is 15.5. The molecular weight excluding hydrogens is 262 g/mol. The van der Waals surface area contributed by atoms with Crippen molar-refractivity contribution in [2.24, 2.45) is 7.05 Å². The number of amides is 1. The van der Waals surface area contributed by atoms with Crippen LogP contribution in [-0.4, -0.2) is 17.0 Å². The fraction of sp³-hybridized carbons (Fsp3) is 0.765. The third kappa shape index (κ3) is 7.30. The van der Waals surface area contributed by atoms with E-state index in [0.29, 0.717) is 6.54 Å². The van der Waals surface area contributed by atoms with Crippen LogP contribution in [0.3, 0.4) is 0 Å². The van der Waals surface area contributed by atoms with E-state index in [2.05, 4.69) is 12.2 Å². The van der Waals surface area contributed by atoms with Gasteiger partial charge in [0.25, 0.3) is 11.7 Å². The van der Waals surface area contributed by atoms with Crippen molar-refractivity contribution in [3.05, 3.63) is 18.2 Å². The molecule has 0 aliphatic carbocycles. The van der Waals surface area contributed by atoms with Gasteiger partial charge >= 0.3 is 0 Å². The van der Waals surface area contributed by atoms with Gasteiger partial charge in [0.05, 0.1) is 7.05 Å². The first-order chi connectivity index (χ1) is 10.1. The molecule has 0 fully saturated rings. The summed E-state index contributed by atoms with van der Waals surface area (Å²) in [4.78, 5) is 11.8. The first-order valence-corrected chi connectivity index (χ1v) is 8.43. The highest BCUT2D eigenvalue weighted by Crippen LogP contribution is 2.07. The molecule has 1 amide bonds. The van der Waals surface area contributed by atoms with Crippen LogP contribution in [0.5, 0.6) is 0 Å². The number of carbonyl (C=O) groups is 1. The molecule has 1 N–H and O–H groups in total. The molecule has 1 heterocycles. The monoisotopic (exact) mass is 294 g/mol. The number of rotatable bonds is 11. The summed E-state index contributed by atoms with van der Waals surface area (Å²) in [5, 5.41) is 3.01. The van der Waals surface area contributed by atoms with Gasteiger partial charge in [0, 0.05) is 13.5 Å². The molecular formula is C17H32N3O+. The lowest BCUT2D eigenvalue weighted by Crippen LogP contribution is -2.33. The molecule has 0 atom stereocenters. The van der Waals surface area contributed by atoms with Crippen LogP contribution in [0.4, 0.5) is 0 Å². The van der Waals surface area contributed by atoms with Gasteiger partial charge in [0.1, 0.15) is 12.4 Å². The molecule has 120 valence electrons. The molecule has 0 saturated carbocycles. The molecule has 0 saturated heterocycles. The maximum atomic E-state index is 11.8. The van der Waals surface area contributed by atoms with E-state index in [1.54, 1.807) is 0 Å². The number of aryl methyl sites for hydroxylation is 1. The molecule has 0 aromatic carbocycles. The largest absolute Gasteiger partial charge is 0.353 e. The lowest BCUT2D eigenvalue weighted by molar-refractivity contribution is -0.677. The van der Waals surface area contributed by atoms with E-state index in [1.807, 2.05) is 35.5 Å². The van der Waals surface area contributed by atoms with Crippen molar-refractivity contribution >= 4 is 5.91 Å².